The van der Waals surface area contributed by atoms with Crippen molar-refractivity contribution >= 4 is 19.1 Å². The van der Waals surface area contributed by atoms with Gasteiger partial charge in [0.2, 0.25) is 0 Å². The van der Waals surface area contributed by atoms with Crippen LogP contribution in [0.1, 0.15) is 6.92 Å². The molecule has 0 aromatic carbocycles. The van der Waals surface area contributed by atoms with Gasteiger partial charge in [0.05, 0.1) is 0 Å². The highest BCUT2D eigenvalue weighted by Crippen LogP contribution is 2.06. The minimum absolute atomic E-state index is 0.0567. The molecule has 0 atom stereocenters. The zero-order valence-electron chi connectivity index (χ0n) is 8.33. The summed E-state index contributed by atoms with van der Waals surface area (Å²) in [6.45, 7) is 2.36. The van der Waals surface area contributed by atoms with Crippen LogP contribution < -0.4 is 0 Å². The molecular weight excluding hydrogens is 233 g/mol. The summed E-state index contributed by atoms with van der Waals surface area (Å²) in [5.74, 6) is -0.605. The lowest BCUT2D eigenvalue weighted by atomic mass is 10.3. The Bertz CT molecular complexity index is 268. The number of nitrogens with zero attached hydrogens (tertiary/aromatic N) is 1. The maximum Gasteiger partial charge on any atom is 0.673 e. The SMILES string of the molecule is CCOCN1C(=O)C=CC1=O.F[B-](F)(F)F. The number of halogens is 4. The van der Waals surface area contributed by atoms with E-state index in [0.29, 0.717) is 6.61 Å². The average Bonchev–Trinajstić information content (AvgIpc) is 2.41. The molecule has 1 aliphatic heterocycles. The fourth-order valence-corrected chi connectivity index (χ4v) is 0.741. The van der Waals surface area contributed by atoms with Crippen LogP contribution in [-0.2, 0) is 14.3 Å². The molecule has 0 saturated carbocycles. The highest BCUT2D eigenvalue weighted by atomic mass is 19.5. The van der Waals surface area contributed by atoms with E-state index in [1.54, 1.807) is 6.92 Å². The quantitative estimate of drug-likeness (QED) is 0.424. The number of ether oxygens (including phenoxy) is 1. The molecule has 0 aromatic heterocycles. The fourth-order valence-electron chi connectivity index (χ4n) is 0.741. The summed E-state index contributed by atoms with van der Waals surface area (Å²) in [7, 11) is -6.00. The van der Waals surface area contributed by atoms with E-state index >= 15 is 0 Å². The number of rotatable bonds is 3. The van der Waals surface area contributed by atoms with Gasteiger partial charge in [0.25, 0.3) is 11.8 Å². The maximum absolute atomic E-state index is 10.8. The molecule has 0 N–H and O–H groups in total. The lowest BCUT2D eigenvalue weighted by Gasteiger charge is -2.12. The van der Waals surface area contributed by atoms with E-state index in [0.717, 1.165) is 4.90 Å². The molecule has 0 radical (unpaired) electrons. The van der Waals surface area contributed by atoms with Crippen molar-refractivity contribution in [2.75, 3.05) is 13.3 Å². The Morgan fingerprint density at radius 1 is 1.19 bits per heavy atom. The lowest BCUT2D eigenvalue weighted by molar-refractivity contribution is -0.142. The van der Waals surface area contributed by atoms with Gasteiger partial charge in [-0.15, -0.1) is 0 Å². The van der Waals surface area contributed by atoms with Gasteiger partial charge in [-0.1, -0.05) is 0 Å². The van der Waals surface area contributed by atoms with Crippen LogP contribution in [0, 0.1) is 0 Å². The number of imide groups is 1. The standard InChI is InChI=1S/C7H9NO3.BF4/c1-2-11-5-8-6(9)3-4-7(8)10;2-1(3,4)5/h3-4H,2,5H2,1H3;/q;-1. The van der Waals surface area contributed by atoms with Crippen molar-refractivity contribution < 1.29 is 31.6 Å². The van der Waals surface area contributed by atoms with Gasteiger partial charge in [0, 0.05) is 18.8 Å². The van der Waals surface area contributed by atoms with Crippen LogP contribution in [-0.4, -0.2) is 37.3 Å². The second-order valence-electron chi connectivity index (χ2n) is 2.55. The third kappa shape index (κ3) is 6.99. The molecule has 92 valence electrons. The molecule has 0 aliphatic carbocycles. The summed E-state index contributed by atoms with van der Waals surface area (Å²) >= 11 is 0. The van der Waals surface area contributed by atoms with Crippen LogP contribution in [0.25, 0.3) is 0 Å². The Balaban J connectivity index is 0.000000385. The molecule has 1 heterocycles. The van der Waals surface area contributed by atoms with Crippen LogP contribution in [0.5, 0.6) is 0 Å². The first-order chi connectivity index (χ1) is 7.25. The van der Waals surface area contributed by atoms with E-state index in [1.165, 1.54) is 12.2 Å². The second kappa shape index (κ2) is 6.26. The Kier molecular flexibility index (Phi) is 5.72. The Hall–Kier alpha value is -1.38. The highest BCUT2D eigenvalue weighted by molar-refractivity contribution is 6.50. The molecule has 16 heavy (non-hydrogen) atoms. The van der Waals surface area contributed by atoms with E-state index in [4.69, 9.17) is 4.74 Å². The van der Waals surface area contributed by atoms with Crippen LogP contribution in [0.4, 0.5) is 17.3 Å². The van der Waals surface area contributed by atoms with Gasteiger partial charge >= 0.3 is 7.25 Å². The summed E-state index contributed by atoms with van der Waals surface area (Å²) < 4.78 is 43.9. The zero-order valence-corrected chi connectivity index (χ0v) is 8.33. The van der Waals surface area contributed by atoms with Crippen molar-refractivity contribution in [3.8, 4) is 0 Å². The van der Waals surface area contributed by atoms with Crippen molar-refractivity contribution in [2.45, 2.75) is 6.92 Å². The largest absolute Gasteiger partial charge is 0.673 e. The second-order valence-corrected chi connectivity index (χ2v) is 2.55. The monoisotopic (exact) mass is 242 g/mol. The Morgan fingerprint density at radius 2 is 1.56 bits per heavy atom. The topological polar surface area (TPSA) is 46.6 Å². The summed E-state index contributed by atoms with van der Waals surface area (Å²) in [5, 5.41) is 0. The van der Waals surface area contributed by atoms with Gasteiger partial charge in [-0.25, -0.2) is 0 Å². The van der Waals surface area contributed by atoms with Crippen molar-refractivity contribution in [1.82, 2.24) is 4.90 Å². The predicted octanol–water partition coefficient (Wildman–Crippen LogP) is 1.21. The molecule has 9 heteroatoms. The van der Waals surface area contributed by atoms with Gasteiger partial charge in [0.15, 0.2) is 0 Å². The third-order valence-corrected chi connectivity index (χ3v) is 1.33. The number of amides is 2. The van der Waals surface area contributed by atoms with Crippen molar-refractivity contribution in [3.63, 3.8) is 0 Å². The maximum atomic E-state index is 10.8. The molecule has 0 bridgehead atoms. The first kappa shape index (κ1) is 14.6. The van der Waals surface area contributed by atoms with Crippen LogP contribution in [0.2, 0.25) is 0 Å². The summed E-state index contributed by atoms with van der Waals surface area (Å²) in [4.78, 5) is 22.7. The van der Waals surface area contributed by atoms with E-state index in [-0.39, 0.29) is 18.5 Å². The molecular formula is C7H9BF4NO3-. The molecule has 0 aromatic rings. The minimum Gasteiger partial charge on any atom is -0.418 e. The number of carbonyl (C=O) groups excluding carboxylic acids is 2. The van der Waals surface area contributed by atoms with Crippen LogP contribution >= 0.6 is 0 Å². The lowest BCUT2D eigenvalue weighted by Crippen LogP contribution is -2.32. The van der Waals surface area contributed by atoms with Crippen molar-refractivity contribution in [2.24, 2.45) is 0 Å². The van der Waals surface area contributed by atoms with E-state index in [1.807, 2.05) is 0 Å². The molecule has 0 saturated heterocycles. The third-order valence-electron chi connectivity index (χ3n) is 1.33. The normalized spacial score (nSPS) is 15.2. The van der Waals surface area contributed by atoms with Crippen LogP contribution in [0.15, 0.2) is 12.2 Å². The van der Waals surface area contributed by atoms with Gasteiger partial charge in [-0.2, -0.15) is 0 Å². The summed E-state index contributed by atoms with van der Waals surface area (Å²) in [6, 6.07) is 0. The van der Waals surface area contributed by atoms with Gasteiger partial charge in [0.1, 0.15) is 6.73 Å². The molecule has 0 fully saturated rings. The number of hydrogen-bond donors (Lipinski definition) is 0. The summed E-state index contributed by atoms with van der Waals surface area (Å²) in [6.07, 6.45) is 2.47. The van der Waals surface area contributed by atoms with Crippen molar-refractivity contribution in [3.05, 3.63) is 12.2 Å². The number of hydrogen-bond acceptors (Lipinski definition) is 3. The first-order valence-electron chi connectivity index (χ1n) is 4.24. The molecule has 1 rings (SSSR count). The highest BCUT2D eigenvalue weighted by Gasteiger charge is 2.22. The Morgan fingerprint density at radius 3 is 1.88 bits per heavy atom. The van der Waals surface area contributed by atoms with Gasteiger partial charge in [-0.05, 0) is 6.92 Å². The van der Waals surface area contributed by atoms with Crippen molar-refractivity contribution in [1.29, 1.82) is 0 Å². The first-order valence-corrected chi connectivity index (χ1v) is 4.24. The van der Waals surface area contributed by atoms with E-state index < -0.39 is 7.25 Å². The molecule has 2 amide bonds. The molecule has 4 nitrogen and oxygen atoms in total. The predicted molar refractivity (Wildman–Crippen MR) is 47.7 cm³/mol. The van der Waals surface area contributed by atoms with E-state index in [9.17, 15) is 26.9 Å². The zero-order chi connectivity index (χ0) is 12.8. The van der Waals surface area contributed by atoms with E-state index in [2.05, 4.69) is 0 Å². The van der Waals surface area contributed by atoms with Gasteiger partial charge < -0.3 is 22.0 Å². The average molecular weight is 242 g/mol. The fraction of sp³-hybridized carbons (Fsp3) is 0.429. The smallest absolute Gasteiger partial charge is 0.418 e. The molecule has 0 spiro atoms. The summed E-state index contributed by atoms with van der Waals surface area (Å²) in [5.41, 5.74) is 0. The Labute approximate surface area is 89.0 Å². The molecule has 0 unspecified atom stereocenters. The van der Waals surface area contributed by atoms with Crippen LogP contribution in [0.3, 0.4) is 0 Å². The molecule has 1 aliphatic rings. The number of carbonyl (C=O) groups is 2. The van der Waals surface area contributed by atoms with Gasteiger partial charge in [-0.3, -0.25) is 14.5 Å². The minimum atomic E-state index is -6.00.